The van der Waals surface area contributed by atoms with E-state index in [1.54, 1.807) is 18.2 Å². The van der Waals surface area contributed by atoms with Gasteiger partial charge in [0.2, 0.25) is 5.82 Å². The Morgan fingerprint density at radius 1 is 1.15 bits per heavy atom. The number of halogens is 2. The average Bonchev–Trinajstić information content (AvgIpc) is 2.53. The predicted molar refractivity (Wildman–Crippen MR) is 48.6 cm³/mol. The van der Waals surface area contributed by atoms with E-state index in [1.165, 1.54) is 0 Å². The first kappa shape index (κ1) is 8.53. The maximum absolute atomic E-state index is 5.79. The molecule has 5 heteroatoms. The van der Waals surface area contributed by atoms with Gasteiger partial charge in [-0.05, 0) is 18.2 Å². The summed E-state index contributed by atoms with van der Waals surface area (Å²) in [6.45, 7) is 0. The fraction of sp³-hybridized carbons (Fsp3) is 0. The largest absolute Gasteiger partial charge is 0.328 e. The number of hydrogen-bond donors (Lipinski definition) is 0. The van der Waals surface area contributed by atoms with E-state index >= 15 is 0 Å². The van der Waals surface area contributed by atoms with E-state index in [2.05, 4.69) is 21.1 Å². The zero-order valence-corrected chi connectivity index (χ0v) is 7.80. The van der Waals surface area contributed by atoms with Crippen molar-refractivity contribution in [1.82, 2.24) is 10.1 Å². The highest BCUT2D eigenvalue weighted by molar-refractivity contribution is 6.35. The summed E-state index contributed by atoms with van der Waals surface area (Å²) in [6.07, 6.45) is 2.24. The molecule has 0 atom stereocenters. The van der Waals surface area contributed by atoms with E-state index in [0.29, 0.717) is 21.4 Å². The highest BCUT2D eigenvalue weighted by atomic mass is 35.5. The van der Waals surface area contributed by atoms with Gasteiger partial charge in [0, 0.05) is 15.6 Å². The van der Waals surface area contributed by atoms with Gasteiger partial charge in [0.1, 0.15) is 0 Å². The zero-order valence-electron chi connectivity index (χ0n) is 6.29. The fourth-order valence-corrected chi connectivity index (χ4v) is 1.47. The van der Waals surface area contributed by atoms with Crippen LogP contribution in [0.25, 0.3) is 11.4 Å². The topological polar surface area (TPSA) is 38.9 Å². The summed E-state index contributed by atoms with van der Waals surface area (Å²) in [4.78, 5) is 3.75. The molecule has 0 spiro atoms. The van der Waals surface area contributed by atoms with Crippen molar-refractivity contribution in [2.24, 2.45) is 0 Å². The zero-order chi connectivity index (χ0) is 9.26. The Morgan fingerprint density at radius 3 is 2.38 bits per heavy atom. The molecule has 0 aliphatic rings. The molecule has 0 amide bonds. The lowest BCUT2D eigenvalue weighted by atomic mass is 10.2. The summed E-state index contributed by atoms with van der Waals surface area (Å²) in [5, 5.41) is 4.68. The van der Waals surface area contributed by atoms with Gasteiger partial charge in [0.15, 0.2) is 0 Å². The normalized spacial score (nSPS) is 10.3. The van der Waals surface area contributed by atoms with Crippen molar-refractivity contribution in [2.45, 2.75) is 0 Å². The first-order chi connectivity index (χ1) is 6.25. The van der Waals surface area contributed by atoms with Crippen molar-refractivity contribution < 1.29 is 4.52 Å². The molecule has 13 heavy (non-hydrogen) atoms. The molecule has 0 bridgehead atoms. The van der Waals surface area contributed by atoms with Crippen molar-refractivity contribution in [2.75, 3.05) is 0 Å². The van der Waals surface area contributed by atoms with Gasteiger partial charge < -0.3 is 4.52 Å². The summed E-state index contributed by atoms with van der Waals surface area (Å²) in [6, 6.07) is 5.04. The summed E-state index contributed by atoms with van der Waals surface area (Å²) < 4.78 is 4.48. The minimum Gasteiger partial charge on any atom is -0.328 e. The molecule has 3 nitrogen and oxygen atoms in total. The third-order valence-corrected chi connectivity index (χ3v) is 1.88. The molecule has 2 rings (SSSR count). The molecular formula is C8H3Cl2N2O. The van der Waals surface area contributed by atoms with E-state index in [9.17, 15) is 0 Å². The molecule has 1 aromatic carbocycles. The van der Waals surface area contributed by atoms with Crippen LogP contribution in [0.4, 0.5) is 0 Å². The van der Waals surface area contributed by atoms with Crippen LogP contribution in [0.1, 0.15) is 0 Å². The number of hydrogen-bond acceptors (Lipinski definition) is 3. The molecule has 0 aliphatic heterocycles. The number of aromatic nitrogens is 2. The minimum atomic E-state index is 0.421. The smallest absolute Gasteiger partial charge is 0.316 e. The standard InChI is InChI=1S/C8H3Cl2N2O/c9-6-1-5(2-7(10)3-6)8-11-4-13-12-8/h1-3H. The summed E-state index contributed by atoms with van der Waals surface area (Å²) in [5.74, 6) is 0.421. The van der Waals surface area contributed by atoms with Crippen LogP contribution in [0.5, 0.6) is 0 Å². The SMILES string of the molecule is Clc1cc(Cl)cc(-c2n[c]on2)c1. The van der Waals surface area contributed by atoms with E-state index in [-0.39, 0.29) is 0 Å². The average molecular weight is 214 g/mol. The van der Waals surface area contributed by atoms with Crippen molar-refractivity contribution in [1.29, 1.82) is 0 Å². The van der Waals surface area contributed by atoms with Crippen LogP contribution >= 0.6 is 23.2 Å². The minimum absolute atomic E-state index is 0.421. The number of nitrogens with zero attached hydrogens (tertiary/aromatic N) is 2. The molecule has 0 unspecified atom stereocenters. The first-order valence-corrected chi connectivity index (χ1v) is 4.17. The summed E-state index contributed by atoms with van der Waals surface area (Å²) in [7, 11) is 0. The summed E-state index contributed by atoms with van der Waals surface area (Å²) >= 11 is 11.6. The van der Waals surface area contributed by atoms with E-state index < -0.39 is 0 Å². The Labute approximate surface area is 84.3 Å². The molecule has 1 heterocycles. The van der Waals surface area contributed by atoms with Gasteiger partial charge in [-0.15, -0.1) is 0 Å². The Kier molecular flexibility index (Phi) is 2.20. The second-order valence-electron chi connectivity index (χ2n) is 2.37. The monoisotopic (exact) mass is 213 g/mol. The third kappa shape index (κ3) is 1.82. The molecule has 0 aliphatic carbocycles. The van der Waals surface area contributed by atoms with E-state index in [1.807, 2.05) is 0 Å². The van der Waals surface area contributed by atoms with Gasteiger partial charge in [-0.25, -0.2) is 0 Å². The molecule has 1 radical (unpaired) electrons. The van der Waals surface area contributed by atoms with Crippen LogP contribution in [-0.4, -0.2) is 10.1 Å². The van der Waals surface area contributed by atoms with Gasteiger partial charge in [0.25, 0.3) is 0 Å². The van der Waals surface area contributed by atoms with Gasteiger partial charge in [-0.3, -0.25) is 0 Å². The van der Waals surface area contributed by atoms with Crippen LogP contribution in [0, 0.1) is 6.39 Å². The predicted octanol–water partition coefficient (Wildman–Crippen LogP) is 2.84. The lowest BCUT2D eigenvalue weighted by Crippen LogP contribution is -1.80. The molecule has 1 aromatic heterocycles. The van der Waals surface area contributed by atoms with Crippen LogP contribution < -0.4 is 0 Å². The highest BCUT2D eigenvalue weighted by Gasteiger charge is 2.05. The highest BCUT2D eigenvalue weighted by Crippen LogP contribution is 2.24. The van der Waals surface area contributed by atoms with E-state index in [0.717, 1.165) is 0 Å². The molecule has 2 aromatic rings. The van der Waals surface area contributed by atoms with Crippen molar-refractivity contribution in [3.8, 4) is 11.4 Å². The molecule has 0 saturated heterocycles. The molecule has 0 saturated carbocycles. The molecule has 0 fully saturated rings. The fourth-order valence-electron chi connectivity index (χ4n) is 0.948. The van der Waals surface area contributed by atoms with Crippen molar-refractivity contribution in [3.63, 3.8) is 0 Å². The van der Waals surface area contributed by atoms with Gasteiger partial charge in [-0.2, -0.15) is 4.98 Å². The van der Waals surface area contributed by atoms with Crippen LogP contribution in [-0.2, 0) is 0 Å². The Hall–Kier alpha value is -1.06. The lowest BCUT2D eigenvalue weighted by Gasteiger charge is -1.96. The quantitative estimate of drug-likeness (QED) is 0.732. The van der Waals surface area contributed by atoms with Gasteiger partial charge in [-0.1, -0.05) is 28.4 Å². The van der Waals surface area contributed by atoms with Crippen LogP contribution in [0.2, 0.25) is 10.0 Å². The van der Waals surface area contributed by atoms with Crippen molar-refractivity contribution >= 4 is 23.2 Å². The second kappa shape index (κ2) is 3.36. The molecule has 65 valence electrons. The van der Waals surface area contributed by atoms with Gasteiger partial charge in [0.05, 0.1) is 0 Å². The maximum Gasteiger partial charge on any atom is 0.316 e. The lowest BCUT2D eigenvalue weighted by molar-refractivity contribution is 0.411. The number of rotatable bonds is 1. The van der Waals surface area contributed by atoms with Crippen molar-refractivity contribution in [3.05, 3.63) is 34.6 Å². The first-order valence-electron chi connectivity index (χ1n) is 3.42. The number of benzene rings is 1. The second-order valence-corrected chi connectivity index (χ2v) is 3.24. The Bertz CT molecular complexity index is 394. The summed E-state index contributed by atoms with van der Waals surface area (Å²) in [5.41, 5.74) is 0.711. The van der Waals surface area contributed by atoms with E-state index in [4.69, 9.17) is 23.2 Å². The van der Waals surface area contributed by atoms with Crippen LogP contribution in [0.15, 0.2) is 22.7 Å². The maximum atomic E-state index is 5.79. The molecular weight excluding hydrogens is 211 g/mol. The Balaban J connectivity index is 2.53. The van der Waals surface area contributed by atoms with Gasteiger partial charge >= 0.3 is 6.39 Å². The van der Waals surface area contributed by atoms with Crippen LogP contribution in [0.3, 0.4) is 0 Å². The Morgan fingerprint density at radius 2 is 1.85 bits per heavy atom. The third-order valence-electron chi connectivity index (χ3n) is 1.45. The molecule has 0 N–H and O–H groups in total.